The van der Waals surface area contributed by atoms with Gasteiger partial charge in [0.25, 0.3) is 0 Å². The molecule has 0 bridgehead atoms. The molecule has 0 aliphatic rings. The largest absolute Gasteiger partial charge is 0.481 e. The molecule has 0 saturated heterocycles. The molecule has 6 heteroatoms. The minimum atomic E-state index is -1.27. The zero-order valence-electron chi connectivity index (χ0n) is 7.47. The monoisotopic (exact) mass is 202 g/mol. The normalized spacial score (nSPS) is 12.4. The second-order valence-electron chi connectivity index (χ2n) is 2.52. The van der Waals surface area contributed by atoms with E-state index in [2.05, 4.69) is 4.74 Å². The molecule has 14 heavy (non-hydrogen) atoms. The van der Waals surface area contributed by atoms with E-state index >= 15 is 0 Å². The number of carbonyl (C=O) groups excluding carboxylic acids is 1. The fourth-order valence-corrected chi connectivity index (χ4v) is 0.664. The van der Waals surface area contributed by atoms with Crippen molar-refractivity contribution in [1.82, 2.24) is 0 Å². The average Bonchev–Trinajstić information content (AvgIpc) is 1.98. The first-order valence-corrected chi connectivity index (χ1v) is 3.75. The van der Waals surface area contributed by atoms with Gasteiger partial charge in [-0.2, -0.15) is 0 Å². The molecule has 0 amide bonds. The lowest BCUT2D eigenvalue weighted by Gasteiger charge is -2.07. The van der Waals surface area contributed by atoms with E-state index in [4.69, 9.17) is 10.2 Å². The van der Waals surface area contributed by atoms with Gasteiger partial charge in [0.05, 0.1) is 6.42 Å². The summed E-state index contributed by atoms with van der Waals surface area (Å²) in [6.45, 7) is 1.40. The molecule has 0 fully saturated rings. The first-order chi connectivity index (χ1) is 6.41. The first kappa shape index (κ1) is 12.2. The number of hydrogen-bond acceptors (Lipinski definition) is 4. The summed E-state index contributed by atoms with van der Waals surface area (Å²) in [7, 11) is 0. The van der Waals surface area contributed by atoms with Crippen LogP contribution < -0.4 is 0 Å². The van der Waals surface area contributed by atoms with Gasteiger partial charge in [0.2, 0.25) is 0 Å². The third-order valence-corrected chi connectivity index (χ3v) is 1.14. The van der Waals surface area contributed by atoms with Gasteiger partial charge in [-0.05, 0) is 6.92 Å². The second-order valence-corrected chi connectivity index (χ2v) is 2.52. The SMILES string of the molecule is CC(CC(=O)O)OC(=O)/C=C\C(=O)O. The van der Waals surface area contributed by atoms with Crippen molar-refractivity contribution < 1.29 is 29.3 Å². The predicted octanol–water partition coefficient (Wildman–Crippen LogP) is 0.0336. The molecule has 0 aliphatic carbocycles. The van der Waals surface area contributed by atoms with Crippen LogP contribution in [0.1, 0.15) is 13.3 Å². The molecule has 1 unspecified atom stereocenters. The highest BCUT2D eigenvalue weighted by Gasteiger charge is 2.10. The molecule has 6 nitrogen and oxygen atoms in total. The summed E-state index contributed by atoms with van der Waals surface area (Å²) >= 11 is 0. The number of rotatable bonds is 5. The van der Waals surface area contributed by atoms with Crippen LogP contribution in [0.2, 0.25) is 0 Å². The summed E-state index contributed by atoms with van der Waals surface area (Å²) in [5, 5.41) is 16.5. The molecule has 0 spiro atoms. The number of carbonyl (C=O) groups is 3. The Bertz CT molecular complexity index is 267. The van der Waals surface area contributed by atoms with Crippen molar-refractivity contribution in [2.75, 3.05) is 0 Å². The lowest BCUT2D eigenvalue weighted by atomic mass is 10.3. The van der Waals surface area contributed by atoms with Gasteiger partial charge in [-0.25, -0.2) is 9.59 Å². The molecule has 1 atom stereocenters. The molecular formula is C8H10O6. The molecule has 2 N–H and O–H groups in total. The lowest BCUT2D eigenvalue weighted by molar-refractivity contribution is -0.147. The Morgan fingerprint density at radius 3 is 2.29 bits per heavy atom. The minimum Gasteiger partial charge on any atom is -0.481 e. The van der Waals surface area contributed by atoms with E-state index in [1.807, 2.05) is 0 Å². The summed E-state index contributed by atoms with van der Waals surface area (Å²) in [5.41, 5.74) is 0. The van der Waals surface area contributed by atoms with Crippen LogP contribution in [0.15, 0.2) is 12.2 Å². The Balaban J connectivity index is 3.94. The average molecular weight is 202 g/mol. The van der Waals surface area contributed by atoms with E-state index in [1.54, 1.807) is 0 Å². The van der Waals surface area contributed by atoms with Crippen molar-refractivity contribution in [1.29, 1.82) is 0 Å². The van der Waals surface area contributed by atoms with E-state index in [9.17, 15) is 14.4 Å². The number of esters is 1. The second kappa shape index (κ2) is 5.74. The Hall–Kier alpha value is -1.85. The standard InChI is InChI=1S/C8H10O6/c1-5(4-7(11)12)14-8(13)3-2-6(9)10/h2-3,5H,4H2,1H3,(H,9,10)(H,11,12)/b3-2-. The highest BCUT2D eigenvalue weighted by Crippen LogP contribution is 1.98. The van der Waals surface area contributed by atoms with Gasteiger partial charge >= 0.3 is 17.9 Å². The number of ether oxygens (including phenoxy) is 1. The van der Waals surface area contributed by atoms with Crippen LogP contribution in [-0.4, -0.2) is 34.2 Å². The van der Waals surface area contributed by atoms with Crippen molar-refractivity contribution in [3.8, 4) is 0 Å². The van der Waals surface area contributed by atoms with Crippen molar-refractivity contribution in [3.05, 3.63) is 12.2 Å². The summed E-state index contributed by atoms with van der Waals surface area (Å²) in [6.07, 6.45) is 0.252. The van der Waals surface area contributed by atoms with E-state index in [1.165, 1.54) is 6.92 Å². The molecule has 0 saturated carbocycles. The Morgan fingerprint density at radius 2 is 1.86 bits per heavy atom. The highest BCUT2D eigenvalue weighted by atomic mass is 16.5. The van der Waals surface area contributed by atoms with Crippen LogP contribution in [0.5, 0.6) is 0 Å². The molecule has 0 heterocycles. The quantitative estimate of drug-likeness (QED) is 0.482. The fourth-order valence-electron chi connectivity index (χ4n) is 0.664. The van der Waals surface area contributed by atoms with Gasteiger partial charge in [-0.1, -0.05) is 0 Å². The Kier molecular flexibility index (Phi) is 4.98. The molecular weight excluding hydrogens is 192 g/mol. The van der Waals surface area contributed by atoms with E-state index in [0.29, 0.717) is 6.08 Å². The van der Waals surface area contributed by atoms with Crippen LogP contribution in [-0.2, 0) is 19.1 Å². The summed E-state index contributed by atoms with van der Waals surface area (Å²) in [5.74, 6) is -3.23. The molecule has 78 valence electrons. The topological polar surface area (TPSA) is 101 Å². The maximum absolute atomic E-state index is 10.8. The highest BCUT2D eigenvalue weighted by molar-refractivity contribution is 5.90. The van der Waals surface area contributed by atoms with E-state index < -0.39 is 24.0 Å². The molecule has 0 aromatic carbocycles. The van der Waals surface area contributed by atoms with E-state index in [0.717, 1.165) is 6.08 Å². The molecule has 0 aliphatic heterocycles. The van der Waals surface area contributed by atoms with Crippen molar-refractivity contribution in [2.24, 2.45) is 0 Å². The number of carboxylic acids is 2. The third kappa shape index (κ3) is 6.84. The Morgan fingerprint density at radius 1 is 1.29 bits per heavy atom. The zero-order valence-corrected chi connectivity index (χ0v) is 7.47. The van der Waals surface area contributed by atoms with Gasteiger partial charge < -0.3 is 14.9 Å². The first-order valence-electron chi connectivity index (χ1n) is 3.75. The van der Waals surface area contributed by atoms with Gasteiger partial charge in [-0.3, -0.25) is 4.79 Å². The number of hydrogen-bond donors (Lipinski definition) is 2. The maximum Gasteiger partial charge on any atom is 0.331 e. The fraction of sp³-hybridized carbons (Fsp3) is 0.375. The van der Waals surface area contributed by atoms with Crippen molar-refractivity contribution in [3.63, 3.8) is 0 Å². The van der Waals surface area contributed by atoms with Gasteiger partial charge in [0.15, 0.2) is 0 Å². The smallest absolute Gasteiger partial charge is 0.331 e. The van der Waals surface area contributed by atoms with Crippen molar-refractivity contribution >= 4 is 17.9 Å². The minimum absolute atomic E-state index is 0.313. The predicted molar refractivity (Wildman–Crippen MR) is 44.6 cm³/mol. The third-order valence-electron chi connectivity index (χ3n) is 1.14. The molecule has 0 radical (unpaired) electrons. The molecule has 0 rings (SSSR count). The Labute approximate surface area is 79.8 Å². The summed E-state index contributed by atoms with van der Waals surface area (Å²) < 4.78 is 4.54. The molecule has 0 aromatic heterocycles. The van der Waals surface area contributed by atoms with Crippen LogP contribution in [0.25, 0.3) is 0 Å². The zero-order chi connectivity index (χ0) is 11.1. The maximum atomic E-state index is 10.8. The molecule has 0 aromatic rings. The van der Waals surface area contributed by atoms with Crippen LogP contribution in [0, 0.1) is 0 Å². The van der Waals surface area contributed by atoms with Crippen LogP contribution in [0.3, 0.4) is 0 Å². The summed E-state index contributed by atoms with van der Waals surface area (Å²) in [4.78, 5) is 30.9. The lowest BCUT2D eigenvalue weighted by Crippen LogP contribution is -2.17. The number of carboxylic acid groups (broad SMARTS) is 2. The van der Waals surface area contributed by atoms with Crippen LogP contribution in [0.4, 0.5) is 0 Å². The van der Waals surface area contributed by atoms with Crippen molar-refractivity contribution in [2.45, 2.75) is 19.4 Å². The van der Waals surface area contributed by atoms with Crippen LogP contribution >= 0.6 is 0 Å². The van der Waals surface area contributed by atoms with Gasteiger partial charge in [0.1, 0.15) is 6.10 Å². The van der Waals surface area contributed by atoms with Gasteiger partial charge in [0, 0.05) is 12.2 Å². The van der Waals surface area contributed by atoms with Gasteiger partial charge in [-0.15, -0.1) is 0 Å². The number of aliphatic carboxylic acids is 2. The van der Waals surface area contributed by atoms with E-state index in [-0.39, 0.29) is 6.42 Å². The summed E-state index contributed by atoms with van der Waals surface area (Å²) in [6, 6.07) is 0.